The highest BCUT2D eigenvalue weighted by atomic mass is 15.1. The summed E-state index contributed by atoms with van der Waals surface area (Å²) < 4.78 is 0. The van der Waals surface area contributed by atoms with E-state index < -0.39 is 0 Å². The second-order valence-electron chi connectivity index (χ2n) is 4.10. The lowest BCUT2D eigenvalue weighted by atomic mass is 10.1. The third-order valence-electron chi connectivity index (χ3n) is 2.90. The molecule has 0 aliphatic rings. The number of rotatable bonds is 2. The van der Waals surface area contributed by atoms with Gasteiger partial charge in [-0.3, -0.25) is 0 Å². The summed E-state index contributed by atoms with van der Waals surface area (Å²) in [5.74, 6) is 0. The van der Waals surface area contributed by atoms with E-state index in [4.69, 9.17) is 16.3 Å². The van der Waals surface area contributed by atoms with Gasteiger partial charge in [0.15, 0.2) is 0 Å². The van der Waals surface area contributed by atoms with Gasteiger partial charge in [0.2, 0.25) is 0 Å². The molecule has 4 heteroatoms. The Kier molecular flexibility index (Phi) is 3.36. The Balaban J connectivity index is 2.36. The van der Waals surface area contributed by atoms with Crippen molar-refractivity contribution >= 4 is 17.1 Å². The van der Waals surface area contributed by atoms with Crippen LogP contribution in [0.25, 0.3) is 0 Å². The van der Waals surface area contributed by atoms with E-state index in [9.17, 15) is 0 Å². The maximum atomic E-state index is 8.82. The van der Waals surface area contributed by atoms with Crippen molar-refractivity contribution < 1.29 is 0 Å². The molecule has 2 aromatic carbocycles. The first kappa shape index (κ1) is 12.5. The van der Waals surface area contributed by atoms with E-state index in [1.807, 2.05) is 30.1 Å². The summed E-state index contributed by atoms with van der Waals surface area (Å²) in [6.45, 7) is 0. The van der Waals surface area contributed by atoms with Gasteiger partial charge in [0.25, 0.3) is 0 Å². The monoisotopic (exact) mass is 248 g/mol. The van der Waals surface area contributed by atoms with E-state index in [2.05, 4.69) is 12.1 Å². The summed E-state index contributed by atoms with van der Waals surface area (Å²) in [5, 5.41) is 17.6. The molecule has 0 fully saturated rings. The zero-order chi connectivity index (χ0) is 13.8. The van der Waals surface area contributed by atoms with Crippen LogP contribution in [-0.4, -0.2) is 7.05 Å². The Morgan fingerprint density at radius 1 is 0.947 bits per heavy atom. The van der Waals surface area contributed by atoms with Crippen molar-refractivity contribution in [3.8, 4) is 12.1 Å². The first-order valence-electron chi connectivity index (χ1n) is 5.69. The molecule has 2 N–H and O–H groups in total. The molecule has 2 rings (SSSR count). The number of hydrogen-bond acceptors (Lipinski definition) is 4. The number of nitriles is 2. The maximum Gasteiger partial charge on any atom is 0.0992 e. The molecule has 0 radical (unpaired) electrons. The van der Waals surface area contributed by atoms with Gasteiger partial charge in [-0.25, -0.2) is 0 Å². The highest BCUT2D eigenvalue weighted by molar-refractivity contribution is 5.75. The normalized spacial score (nSPS) is 9.42. The van der Waals surface area contributed by atoms with E-state index in [-0.39, 0.29) is 0 Å². The van der Waals surface area contributed by atoms with E-state index in [0.717, 1.165) is 11.4 Å². The summed E-state index contributed by atoms with van der Waals surface area (Å²) in [7, 11) is 1.89. The van der Waals surface area contributed by atoms with Crippen LogP contribution in [0, 0.1) is 22.7 Å². The van der Waals surface area contributed by atoms with Crippen LogP contribution in [-0.2, 0) is 0 Å². The molecule has 0 heterocycles. The smallest absolute Gasteiger partial charge is 0.0992 e. The van der Waals surface area contributed by atoms with Crippen molar-refractivity contribution in [3.05, 3.63) is 53.6 Å². The van der Waals surface area contributed by atoms with Gasteiger partial charge in [-0.1, -0.05) is 0 Å². The number of hydrogen-bond donors (Lipinski definition) is 1. The summed E-state index contributed by atoms with van der Waals surface area (Å²) in [4.78, 5) is 1.91. The quantitative estimate of drug-likeness (QED) is 0.829. The molecule has 0 spiro atoms. The first-order chi connectivity index (χ1) is 9.15. The fourth-order valence-corrected chi connectivity index (χ4v) is 1.83. The van der Waals surface area contributed by atoms with Gasteiger partial charge in [0.05, 0.1) is 34.6 Å². The molecule has 2 aromatic rings. The van der Waals surface area contributed by atoms with Crippen LogP contribution in [0.15, 0.2) is 42.5 Å². The van der Waals surface area contributed by atoms with Crippen molar-refractivity contribution in [2.24, 2.45) is 0 Å². The largest absolute Gasteiger partial charge is 0.397 e. The van der Waals surface area contributed by atoms with Crippen LogP contribution >= 0.6 is 0 Å². The summed E-state index contributed by atoms with van der Waals surface area (Å²) in [6.07, 6.45) is 0. The highest BCUT2D eigenvalue weighted by Crippen LogP contribution is 2.29. The van der Waals surface area contributed by atoms with E-state index in [1.54, 1.807) is 24.3 Å². The minimum Gasteiger partial charge on any atom is -0.397 e. The van der Waals surface area contributed by atoms with Crippen LogP contribution in [0.1, 0.15) is 11.1 Å². The highest BCUT2D eigenvalue weighted by Gasteiger charge is 2.08. The van der Waals surface area contributed by atoms with E-state index in [0.29, 0.717) is 16.8 Å². The van der Waals surface area contributed by atoms with Gasteiger partial charge < -0.3 is 10.6 Å². The molecule has 0 atom stereocenters. The van der Waals surface area contributed by atoms with E-state index >= 15 is 0 Å². The van der Waals surface area contributed by atoms with Gasteiger partial charge in [-0.2, -0.15) is 10.5 Å². The molecular weight excluding hydrogens is 236 g/mol. The summed E-state index contributed by atoms with van der Waals surface area (Å²) >= 11 is 0. The number of nitrogens with zero attached hydrogens (tertiary/aromatic N) is 3. The number of anilines is 3. The van der Waals surface area contributed by atoms with Gasteiger partial charge in [-0.05, 0) is 42.5 Å². The van der Waals surface area contributed by atoms with Crippen LogP contribution in [0.5, 0.6) is 0 Å². The lowest BCUT2D eigenvalue weighted by Gasteiger charge is -2.21. The Hall–Kier alpha value is -2.98. The van der Waals surface area contributed by atoms with E-state index in [1.165, 1.54) is 0 Å². The van der Waals surface area contributed by atoms with Gasteiger partial charge in [0.1, 0.15) is 0 Å². The van der Waals surface area contributed by atoms with Gasteiger partial charge in [0, 0.05) is 12.7 Å². The zero-order valence-electron chi connectivity index (χ0n) is 10.5. The topological polar surface area (TPSA) is 76.8 Å². The number of benzene rings is 2. The molecule has 0 aromatic heterocycles. The third kappa shape index (κ3) is 2.48. The molecule has 0 aliphatic carbocycles. The Bertz CT molecular complexity index is 675. The summed E-state index contributed by atoms with van der Waals surface area (Å²) in [6, 6.07) is 16.5. The third-order valence-corrected chi connectivity index (χ3v) is 2.90. The second kappa shape index (κ2) is 5.12. The Labute approximate surface area is 111 Å². The van der Waals surface area contributed by atoms with Crippen molar-refractivity contribution in [1.29, 1.82) is 10.5 Å². The molecule has 0 saturated heterocycles. The summed E-state index contributed by atoms with van der Waals surface area (Å²) in [5.41, 5.74) is 9.39. The average Bonchev–Trinajstić information content (AvgIpc) is 2.46. The Morgan fingerprint density at radius 3 is 2.05 bits per heavy atom. The lowest BCUT2D eigenvalue weighted by Crippen LogP contribution is -2.11. The maximum absolute atomic E-state index is 8.82. The standard InChI is InChI=1S/C15H12N4/c1-19(13-5-2-11(9-16)3-6-13)15-7-4-12(10-17)8-14(15)18/h2-8H,18H2,1H3. The van der Waals surface area contributed by atoms with Crippen molar-refractivity contribution in [2.45, 2.75) is 0 Å². The van der Waals surface area contributed by atoms with Gasteiger partial charge in [-0.15, -0.1) is 0 Å². The minimum absolute atomic E-state index is 0.537. The molecular formula is C15H12N4. The molecule has 0 unspecified atom stereocenters. The second-order valence-corrected chi connectivity index (χ2v) is 4.10. The fraction of sp³-hybridized carbons (Fsp3) is 0.0667. The van der Waals surface area contributed by atoms with Crippen LogP contribution < -0.4 is 10.6 Å². The number of nitrogens with two attached hydrogens (primary N) is 1. The van der Waals surface area contributed by atoms with Crippen LogP contribution in [0.3, 0.4) is 0 Å². The van der Waals surface area contributed by atoms with Gasteiger partial charge >= 0.3 is 0 Å². The van der Waals surface area contributed by atoms with Crippen molar-refractivity contribution in [3.63, 3.8) is 0 Å². The van der Waals surface area contributed by atoms with Crippen molar-refractivity contribution in [1.82, 2.24) is 0 Å². The molecule has 19 heavy (non-hydrogen) atoms. The molecule has 0 saturated carbocycles. The molecule has 0 aliphatic heterocycles. The molecule has 0 bridgehead atoms. The predicted octanol–water partition coefficient (Wildman–Crippen LogP) is 2.78. The first-order valence-corrected chi connectivity index (χ1v) is 5.69. The zero-order valence-corrected chi connectivity index (χ0v) is 10.5. The number of nitrogen functional groups attached to an aromatic ring is 1. The minimum atomic E-state index is 0.537. The van der Waals surface area contributed by atoms with Crippen LogP contribution in [0.2, 0.25) is 0 Å². The SMILES string of the molecule is CN(c1ccc(C#N)cc1)c1ccc(C#N)cc1N. The molecule has 92 valence electrons. The molecule has 4 nitrogen and oxygen atoms in total. The van der Waals surface area contributed by atoms with Crippen LogP contribution in [0.4, 0.5) is 17.1 Å². The Morgan fingerprint density at radius 2 is 1.53 bits per heavy atom. The lowest BCUT2D eigenvalue weighted by molar-refractivity contribution is 1.21. The predicted molar refractivity (Wildman–Crippen MR) is 74.8 cm³/mol. The fourth-order valence-electron chi connectivity index (χ4n) is 1.83. The van der Waals surface area contributed by atoms with Crippen molar-refractivity contribution in [2.75, 3.05) is 17.7 Å². The molecule has 0 amide bonds. The average molecular weight is 248 g/mol.